The fourth-order valence-electron chi connectivity index (χ4n) is 2.41. The summed E-state index contributed by atoms with van der Waals surface area (Å²) in [6, 6.07) is 4.77. The van der Waals surface area contributed by atoms with E-state index in [1.165, 1.54) is 22.7 Å². The monoisotopic (exact) mass is 452 g/mol. The van der Waals surface area contributed by atoms with Crippen LogP contribution in [0, 0.1) is 6.92 Å². The molecule has 0 aliphatic carbocycles. The lowest BCUT2D eigenvalue weighted by Crippen LogP contribution is -2.42. The summed E-state index contributed by atoms with van der Waals surface area (Å²) in [5.41, 5.74) is 0. The van der Waals surface area contributed by atoms with Crippen molar-refractivity contribution in [3.8, 4) is 0 Å². The molecule has 0 saturated carbocycles. The number of thiophene rings is 1. The van der Waals surface area contributed by atoms with Crippen LogP contribution < -0.4 is 10.6 Å². The van der Waals surface area contributed by atoms with Gasteiger partial charge in [0.05, 0.1) is 6.54 Å². The molecule has 1 unspecified atom stereocenters. The van der Waals surface area contributed by atoms with Gasteiger partial charge in [-0.2, -0.15) is 0 Å². The molecule has 134 valence electrons. The number of hydrogen-bond donors (Lipinski definition) is 2. The van der Waals surface area contributed by atoms with Crippen molar-refractivity contribution in [3.63, 3.8) is 0 Å². The topological polar surface area (TPSA) is 39.7 Å². The fraction of sp³-hybridized carbons (Fsp3) is 0.706. The second-order valence-corrected chi connectivity index (χ2v) is 7.03. The third kappa shape index (κ3) is 9.52. The summed E-state index contributed by atoms with van der Waals surface area (Å²) in [6.07, 6.45) is 2.38. The number of rotatable bonds is 9. The molecule has 0 spiro atoms. The number of hydrogen-bond acceptors (Lipinski definition) is 3. The molecule has 2 N–H and O–H groups in total. The molecule has 0 fully saturated rings. The number of nitrogens with one attached hydrogen (secondary N) is 2. The Labute approximate surface area is 163 Å². The van der Waals surface area contributed by atoms with Crippen LogP contribution in [0.25, 0.3) is 0 Å². The van der Waals surface area contributed by atoms with Crippen LogP contribution in [0.4, 0.5) is 0 Å². The largest absolute Gasteiger partial charge is 0.354 e. The normalized spacial score (nSPS) is 12.9. The van der Waals surface area contributed by atoms with E-state index in [0.29, 0.717) is 6.04 Å². The Morgan fingerprint density at radius 3 is 2.52 bits per heavy atom. The molecule has 1 aromatic heterocycles. The first-order valence-corrected chi connectivity index (χ1v) is 9.15. The SMILES string of the molecule is CCN(CC)CCCC(C)NC(=NC)NCc1ccc(C)s1.I. The molecular weight excluding hydrogens is 419 g/mol. The van der Waals surface area contributed by atoms with Gasteiger partial charge in [0.25, 0.3) is 0 Å². The highest BCUT2D eigenvalue weighted by Gasteiger charge is 2.07. The Bertz CT molecular complexity index is 444. The van der Waals surface area contributed by atoms with Crippen LogP contribution in [0.5, 0.6) is 0 Å². The van der Waals surface area contributed by atoms with E-state index in [4.69, 9.17) is 0 Å². The molecule has 0 aliphatic rings. The Kier molecular flexibility index (Phi) is 12.8. The molecule has 1 heterocycles. The van der Waals surface area contributed by atoms with E-state index in [1.807, 2.05) is 18.4 Å². The zero-order chi connectivity index (χ0) is 16.4. The quantitative estimate of drug-likeness (QED) is 0.340. The summed E-state index contributed by atoms with van der Waals surface area (Å²) in [7, 11) is 1.83. The molecular formula is C17H33IN4S. The third-order valence-electron chi connectivity index (χ3n) is 3.84. The van der Waals surface area contributed by atoms with Crippen LogP contribution in [0.15, 0.2) is 17.1 Å². The Morgan fingerprint density at radius 1 is 1.30 bits per heavy atom. The number of halogens is 1. The lowest BCUT2D eigenvalue weighted by molar-refractivity contribution is 0.292. The van der Waals surface area contributed by atoms with E-state index in [1.54, 1.807) is 0 Å². The van der Waals surface area contributed by atoms with Gasteiger partial charge >= 0.3 is 0 Å². The Hall–Kier alpha value is -0.340. The molecule has 0 saturated heterocycles. The van der Waals surface area contributed by atoms with E-state index in [2.05, 4.69) is 60.4 Å². The van der Waals surface area contributed by atoms with Crippen LogP contribution in [-0.2, 0) is 6.54 Å². The minimum absolute atomic E-state index is 0. The van der Waals surface area contributed by atoms with Gasteiger partial charge in [0.15, 0.2) is 5.96 Å². The lowest BCUT2D eigenvalue weighted by atomic mass is 10.2. The van der Waals surface area contributed by atoms with E-state index in [9.17, 15) is 0 Å². The van der Waals surface area contributed by atoms with Gasteiger partial charge in [0.1, 0.15) is 0 Å². The van der Waals surface area contributed by atoms with E-state index in [-0.39, 0.29) is 24.0 Å². The second kappa shape index (κ2) is 13.0. The van der Waals surface area contributed by atoms with Crippen LogP contribution in [-0.4, -0.2) is 43.6 Å². The summed E-state index contributed by atoms with van der Waals surface area (Å²) >= 11 is 1.83. The van der Waals surface area contributed by atoms with Gasteiger partial charge in [-0.25, -0.2) is 0 Å². The zero-order valence-corrected chi connectivity index (χ0v) is 18.3. The molecule has 0 radical (unpaired) electrons. The van der Waals surface area contributed by atoms with Crippen molar-refractivity contribution in [1.29, 1.82) is 0 Å². The predicted octanol–water partition coefficient (Wildman–Crippen LogP) is 3.85. The van der Waals surface area contributed by atoms with Crippen molar-refractivity contribution in [2.45, 2.75) is 53.1 Å². The number of aryl methyl sites for hydroxylation is 1. The lowest BCUT2D eigenvalue weighted by Gasteiger charge is -2.21. The van der Waals surface area contributed by atoms with Gasteiger partial charge in [0.2, 0.25) is 0 Å². The van der Waals surface area contributed by atoms with Gasteiger partial charge < -0.3 is 15.5 Å². The molecule has 0 amide bonds. The van der Waals surface area contributed by atoms with Gasteiger partial charge in [-0.05, 0) is 58.5 Å². The van der Waals surface area contributed by atoms with Crippen molar-refractivity contribution in [2.24, 2.45) is 4.99 Å². The summed E-state index contributed by atoms with van der Waals surface area (Å²) in [5.74, 6) is 0.890. The highest BCUT2D eigenvalue weighted by atomic mass is 127. The minimum Gasteiger partial charge on any atom is -0.354 e. The maximum absolute atomic E-state index is 4.31. The van der Waals surface area contributed by atoms with Crippen molar-refractivity contribution in [3.05, 3.63) is 21.9 Å². The van der Waals surface area contributed by atoms with Gasteiger partial charge in [-0.15, -0.1) is 35.3 Å². The molecule has 1 aromatic rings. The number of nitrogens with zero attached hydrogens (tertiary/aromatic N) is 2. The van der Waals surface area contributed by atoms with Crippen molar-refractivity contribution in [2.75, 3.05) is 26.7 Å². The minimum atomic E-state index is 0. The smallest absolute Gasteiger partial charge is 0.191 e. The van der Waals surface area contributed by atoms with E-state index < -0.39 is 0 Å². The summed E-state index contributed by atoms with van der Waals surface area (Å²) in [4.78, 5) is 9.48. The standard InChI is InChI=1S/C17H32N4S.HI/c1-6-21(7-2)12-8-9-14(3)20-17(18-5)19-13-16-11-10-15(4)22-16;/h10-11,14H,6-9,12-13H2,1-5H3,(H2,18,19,20);1H. The first-order chi connectivity index (χ1) is 10.6. The van der Waals surface area contributed by atoms with Crippen molar-refractivity contribution >= 4 is 41.3 Å². The summed E-state index contributed by atoms with van der Waals surface area (Å²) in [6.45, 7) is 13.1. The van der Waals surface area contributed by atoms with E-state index in [0.717, 1.165) is 32.0 Å². The third-order valence-corrected chi connectivity index (χ3v) is 4.84. The summed E-state index contributed by atoms with van der Waals surface area (Å²) < 4.78 is 0. The maximum atomic E-state index is 4.31. The van der Waals surface area contributed by atoms with Crippen LogP contribution in [0.3, 0.4) is 0 Å². The highest BCUT2D eigenvalue weighted by Crippen LogP contribution is 2.14. The van der Waals surface area contributed by atoms with Gasteiger partial charge in [0, 0.05) is 22.8 Å². The first-order valence-electron chi connectivity index (χ1n) is 8.33. The van der Waals surface area contributed by atoms with Crippen molar-refractivity contribution < 1.29 is 0 Å². The van der Waals surface area contributed by atoms with Gasteiger partial charge in [-0.3, -0.25) is 4.99 Å². The average Bonchev–Trinajstić information content (AvgIpc) is 2.93. The molecule has 6 heteroatoms. The van der Waals surface area contributed by atoms with Crippen LogP contribution in [0.2, 0.25) is 0 Å². The average molecular weight is 452 g/mol. The van der Waals surface area contributed by atoms with Crippen molar-refractivity contribution in [1.82, 2.24) is 15.5 Å². The first kappa shape index (κ1) is 22.7. The summed E-state index contributed by atoms with van der Waals surface area (Å²) in [5, 5.41) is 6.87. The van der Waals surface area contributed by atoms with E-state index >= 15 is 0 Å². The second-order valence-electron chi connectivity index (χ2n) is 5.65. The molecule has 0 aliphatic heterocycles. The molecule has 23 heavy (non-hydrogen) atoms. The maximum Gasteiger partial charge on any atom is 0.191 e. The molecule has 0 aromatic carbocycles. The molecule has 0 bridgehead atoms. The zero-order valence-electron chi connectivity index (χ0n) is 15.2. The van der Waals surface area contributed by atoms with Gasteiger partial charge in [-0.1, -0.05) is 13.8 Å². The molecule has 1 rings (SSSR count). The Morgan fingerprint density at radius 2 is 2.00 bits per heavy atom. The van der Waals surface area contributed by atoms with Crippen LogP contribution >= 0.6 is 35.3 Å². The highest BCUT2D eigenvalue weighted by molar-refractivity contribution is 14.0. The Balaban J connectivity index is 0.00000484. The fourth-order valence-corrected chi connectivity index (χ4v) is 3.24. The molecule has 1 atom stereocenters. The van der Waals surface area contributed by atoms with Crippen LogP contribution in [0.1, 0.15) is 43.4 Å². The predicted molar refractivity (Wildman–Crippen MR) is 114 cm³/mol. The molecule has 4 nitrogen and oxygen atoms in total. The number of guanidine groups is 1. The number of aliphatic imine (C=N–C) groups is 1.